The van der Waals surface area contributed by atoms with Crippen LogP contribution in [0.15, 0.2) is 36.4 Å². The molecular weight excluding hydrogens is 795 g/mol. The minimum Gasteiger partial charge on any atom is -0.491 e. The number of aromatic nitrogens is 3. The van der Waals surface area contributed by atoms with E-state index < -0.39 is 12.1 Å². The SMILES string of the molecule is Cc1cc(C)n(-c2cc(OCCOCCOCC(=O)NCCCCCC(=O)N3C[C@H](O)C[C@H]3CO)cc([C@H](CC(=O)O)CN3CC[C@@H](CCc4ccc5c(n4)NCCC5)C3)c2)n1. The van der Waals surface area contributed by atoms with Gasteiger partial charge >= 0.3 is 5.97 Å². The predicted molar refractivity (Wildman–Crippen MR) is 234 cm³/mol. The van der Waals surface area contributed by atoms with Crippen LogP contribution in [0.25, 0.3) is 5.69 Å². The van der Waals surface area contributed by atoms with Gasteiger partial charge in [-0.25, -0.2) is 9.67 Å². The number of pyridine rings is 1. The van der Waals surface area contributed by atoms with Crippen molar-refractivity contribution in [1.82, 2.24) is 29.9 Å². The van der Waals surface area contributed by atoms with Crippen LogP contribution in [0.1, 0.15) is 91.9 Å². The summed E-state index contributed by atoms with van der Waals surface area (Å²) in [6, 6.07) is 12.0. The van der Waals surface area contributed by atoms with Crippen molar-refractivity contribution in [3.8, 4) is 11.4 Å². The number of aliphatic hydroxyl groups is 2. The second kappa shape index (κ2) is 23.7. The molecule has 2 aromatic heterocycles. The fraction of sp³-hybridized carbons (Fsp3) is 0.630. The normalized spacial score (nSPS) is 19.3. The first-order chi connectivity index (χ1) is 30.0. The Morgan fingerprint density at radius 3 is 2.66 bits per heavy atom. The summed E-state index contributed by atoms with van der Waals surface area (Å²) in [6.07, 6.45) is 7.64. The highest BCUT2D eigenvalue weighted by Gasteiger charge is 2.33. The van der Waals surface area contributed by atoms with Gasteiger partial charge in [-0.3, -0.25) is 14.4 Å². The van der Waals surface area contributed by atoms with Crippen LogP contribution >= 0.6 is 0 Å². The molecule has 16 heteroatoms. The van der Waals surface area contributed by atoms with E-state index >= 15 is 0 Å². The van der Waals surface area contributed by atoms with E-state index in [-0.39, 0.29) is 69.8 Å². The van der Waals surface area contributed by atoms with Gasteiger partial charge in [0.15, 0.2) is 0 Å². The van der Waals surface area contributed by atoms with Gasteiger partial charge in [0.25, 0.3) is 0 Å². The van der Waals surface area contributed by atoms with Crippen molar-refractivity contribution in [3.63, 3.8) is 0 Å². The number of aryl methyl sites for hydroxylation is 4. The maximum atomic E-state index is 12.4. The number of nitrogens with zero attached hydrogens (tertiary/aromatic N) is 5. The van der Waals surface area contributed by atoms with Crippen LogP contribution in [0.2, 0.25) is 0 Å². The van der Waals surface area contributed by atoms with Gasteiger partial charge in [0.05, 0.1) is 56.4 Å². The number of anilines is 1. The summed E-state index contributed by atoms with van der Waals surface area (Å²) in [5.41, 5.74) is 5.97. The van der Waals surface area contributed by atoms with Crippen LogP contribution in [-0.4, -0.2) is 149 Å². The molecule has 0 unspecified atom stereocenters. The number of benzene rings is 1. The van der Waals surface area contributed by atoms with Crippen molar-refractivity contribution in [3.05, 3.63) is 64.6 Å². The van der Waals surface area contributed by atoms with Crippen LogP contribution in [0, 0.1) is 19.8 Å². The molecule has 2 amide bonds. The molecule has 1 aromatic carbocycles. The number of hydrogen-bond acceptors (Lipinski definition) is 12. The largest absolute Gasteiger partial charge is 0.491 e. The molecule has 0 saturated carbocycles. The monoisotopic (exact) mass is 862 g/mol. The van der Waals surface area contributed by atoms with Crippen LogP contribution in [0.3, 0.4) is 0 Å². The number of likely N-dealkylation sites (tertiary alicyclic amines) is 2. The zero-order chi connectivity index (χ0) is 43.8. The van der Waals surface area contributed by atoms with E-state index in [1.54, 1.807) is 4.90 Å². The number of fused-ring (bicyclic) bond motifs is 1. The predicted octanol–water partition coefficient (Wildman–Crippen LogP) is 3.80. The Labute approximate surface area is 365 Å². The van der Waals surface area contributed by atoms with Gasteiger partial charge < -0.3 is 50.0 Å². The number of β-amino-alcohol motifs (C(OH)–C–C–N with tert-alkyl or cyclic N) is 1. The van der Waals surface area contributed by atoms with Gasteiger partial charge in [-0.15, -0.1) is 0 Å². The Kier molecular flexibility index (Phi) is 17.9. The van der Waals surface area contributed by atoms with E-state index in [4.69, 9.17) is 24.3 Å². The highest BCUT2D eigenvalue weighted by atomic mass is 16.5. The number of rotatable bonds is 25. The number of aliphatic carboxylic acids is 1. The van der Waals surface area contributed by atoms with Gasteiger partial charge in [0, 0.05) is 62.5 Å². The maximum Gasteiger partial charge on any atom is 0.304 e. The van der Waals surface area contributed by atoms with Gasteiger partial charge in [-0.05, 0) is 113 Å². The van der Waals surface area contributed by atoms with Crippen molar-refractivity contribution in [2.24, 2.45) is 5.92 Å². The summed E-state index contributed by atoms with van der Waals surface area (Å²) in [4.78, 5) is 45.7. The zero-order valence-corrected chi connectivity index (χ0v) is 36.6. The smallest absolute Gasteiger partial charge is 0.304 e. The summed E-state index contributed by atoms with van der Waals surface area (Å²) in [5.74, 6) is 0.798. The van der Waals surface area contributed by atoms with E-state index in [0.717, 1.165) is 98.7 Å². The second-order valence-electron chi connectivity index (χ2n) is 17.1. The summed E-state index contributed by atoms with van der Waals surface area (Å²) >= 11 is 0. The molecule has 62 heavy (non-hydrogen) atoms. The minimum atomic E-state index is -0.843. The molecule has 3 aliphatic heterocycles. The molecular formula is C46H67N7O9. The molecule has 2 fully saturated rings. The highest BCUT2D eigenvalue weighted by molar-refractivity contribution is 5.77. The third kappa shape index (κ3) is 14.2. The molecule has 0 aliphatic carbocycles. The Bertz CT molecular complexity index is 1920. The number of carbonyl (C=O) groups is 3. The third-order valence-corrected chi connectivity index (χ3v) is 12.1. The highest BCUT2D eigenvalue weighted by Crippen LogP contribution is 2.32. The number of carbonyl (C=O) groups excluding carboxylic acids is 2. The topological polar surface area (TPSA) is 201 Å². The lowest BCUT2D eigenvalue weighted by Crippen LogP contribution is -2.37. The number of carboxylic acid groups (broad SMARTS) is 1. The molecule has 0 spiro atoms. The number of ether oxygens (including phenoxy) is 3. The summed E-state index contributed by atoms with van der Waals surface area (Å²) in [5, 5.41) is 40.2. The summed E-state index contributed by atoms with van der Waals surface area (Å²) in [7, 11) is 0. The van der Waals surface area contributed by atoms with Crippen LogP contribution in [-0.2, 0) is 36.7 Å². The van der Waals surface area contributed by atoms with Crippen molar-refractivity contribution >= 4 is 23.6 Å². The van der Waals surface area contributed by atoms with E-state index in [0.29, 0.717) is 50.6 Å². The first-order valence-corrected chi connectivity index (χ1v) is 22.5. The Morgan fingerprint density at radius 2 is 1.85 bits per heavy atom. The lowest BCUT2D eigenvalue weighted by Gasteiger charge is -2.24. The maximum absolute atomic E-state index is 12.4. The molecule has 0 radical (unpaired) electrons. The molecule has 340 valence electrons. The van der Waals surface area contributed by atoms with Crippen LogP contribution < -0.4 is 15.4 Å². The molecule has 0 bridgehead atoms. The molecule has 3 aliphatic rings. The summed E-state index contributed by atoms with van der Waals surface area (Å²) < 4.78 is 19.3. The first-order valence-electron chi connectivity index (χ1n) is 22.5. The molecule has 4 atom stereocenters. The Hall–Kier alpha value is -4.61. The van der Waals surface area contributed by atoms with Gasteiger partial charge in [-0.2, -0.15) is 5.10 Å². The lowest BCUT2D eigenvalue weighted by atomic mass is 9.94. The third-order valence-electron chi connectivity index (χ3n) is 12.1. The van der Waals surface area contributed by atoms with E-state index in [2.05, 4.69) is 27.7 Å². The number of unbranched alkanes of at least 4 members (excludes halogenated alkanes) is 2. The van der Waals surface area contributed by atoms with Crippen molar-refractivity contribution < 1.29 is 43.9 Å². The average Bonchev–Trinajstić information content (AvgIpc) is 3.98. The van der Waals surface area contributed by atoms with Crippen molar-refractivity contribution in [2.75, 3.05) is 84.2 Å². The quantitative estimate of drug-likeness (QED) is 0.0772. The second-order valence-corrected chi connectivity index (χ2v) is 17.1. The molecule has 6 rings (SSSR count). The van der Waals surface area contributed by atoms with E-state index in [9.17, 15) is 29.7 Å². The van der Waals surface area contributed by atoms with Gasteiger partial charge in [-0.1, -0.05) is 12.5 Å². The standard InChI is InChI=1S/C46H67N7O9/c1-32-21-33(2)53(50-32)39-22-36(37(24-45(58)59)28-51-16-13-34(27-51)9-11-38-12-10-35-7-6-15-48-46(35)49-38)23-42(26-39)62-20-19-60-17-18-61-31-43(56)47-14-5-3-4-8-44(57)52-29-41(55)25-40(52)30-54/h10,12,21-23,26,34,37,40-41,54-55H,3-9,11,13-20,24-25,27-31H2,1-2H3,(H,47,56)(H,48,49)(H,58,59)/t34-,37-,40+,41-/m1/s1. The molecule has 5 heterocycles. The molecule has 5 N–H and O–H groups in total. The summed E-state index contributed by atoms with van der Waals surface area (Å²) in [6.45, 7) is 9.01. The minimum absolute atomic E-state index is 0.00439. The van der Waals surface area contributed by atoms with Gasteiger partial charge in [0.2, 0.25) is 11.8 Å². The molecule has 3 aromatic rings. The fourth-order valence-electron chi connectivity index (χ4n) is 8.90. The van der Waals surface area contributed by atoms with Crippen LogP contribution in [0.5, 0.6) is 5.75 Å². The number of carboxylic acids is 1. The number of nitrogens with one attached hydrogen (secondary N) is 2. The van der Waals surface area contributed by atoms with E-state index in [1.807, 2.05) is 42.8 Å². The lowest BCUT2D eigenvalue weighted by molar-refractivity contribution is -0.137. The van der Waals surface area contributed by atoms with Gasteiger partial charge in [0.1, 0.15) is 24.8 Å². The van der Waals surface area contributed by atoms with Crippen molar-refractivity contribution in [2.45, 2.75) is 103 Å². The molecule has 16 nitrogen and oxygen atoms in total. The zero-order valence-electron chi connectivity index (χ0n) is 36.6. The van der Waals surface area contributed by atoms with E-state index in [1.165, 1.54) is 5.56 Å². The number of hydrogen-bond donors (Lipinski definition) is 5. The van der Waals surface area contributed by atoms with Crippen molar-refractivity contribution in [1.29, 1.82) is 0 Å². The average molecular weight is 862 g/mol. The van der Waals surface area contributed by atoms with Crippen LogP contribution in [0.4, 0.5) is 5.82 Å². The Balaban J connectivity index is 0.912. The number of amides is 2. The fourth-order valence-corrected chi connectivity index (χ4v) is 8.90. The Morgan fingerprint density at radius 1 is 1.02 bits per heavy atom. The first kappa shape index (κ1) is 46.9. The number of aliphatic hydroxyl groups excluding tert-OH is 2. The molecule has 2 saturated heterocycles.